The third kappa shape index (κ3) is 5.18. The molecule has 0 aliphatic carbocycles. The van der Waals surface area contributed by atoms with Crippen molar-refractivity contribution in [2.24, 2.45) is 0 Å². The summed E-state index contributed by atoms with van der Waals surface area (Å²) in [6.07, 6.45) is 0.625. The van der Waals surface area contributed by atoms with Gasteiger partial charge in [-0.25, -0.2) is 13.2 Å². The maximum Gasteiger partial charge on any atom is 0.329 e. The molecule has 0 spiro atoms. The summed E-state index contributed by atoms with van der Waals surface area (Å²) in [6.45, 7) is -0.640. The molecule has 2 aromatic carbocycles. The largest absolute Gasteiger partial charge is 0.456 e. The number of fused-ring (bicyclic) bond motifs is 1. The highest BCUT2D eigenvalue weighted by Crippen LogP contribution is 2.26. The van der Waals surface area contributed by atoms with Crippen LogP contribution in [0, 0.1) is 0 Å². The lowest BCUT2D eigenvalue weighted by molar-refractivity contribution is -0.147. The molecule has 10 heteroatoms. The number of amides is 2. The summed E-state index contributed by atoms with van der Waals surface area (Å²) in [5.41, 5.74) is 0.481. The van der Waals surface area contributed by atoms with Crippen molar-refractivity contribution < 1.29 is 32.3 Å². The fourth-order valence-electron chi connectivity index (χ4n) is 3.12. The minimum absolute atomic E-state index is 0.113. The number of carbonyl (C=O) groups excluding carboxylic acids is 4. The Morgan fingerprint density at radius 2 is 1.55 bits per heavy atom. The number of nitrogens with zero attached hydrogens (tertiary/aromatic N) is 1. The number of hydrogen-bond acceptors (Lipinski definition) is 7. The molecule has 1 aliphatic heterocycles. The number of benzene rings is 2. The minimum atomic E-state index is -3.50. The van der Waals surface area contributed by atoms with E-state index in [0.717, 1.165) is 6.26 Å². The number of ketones is 1. The molecule has 0 unspecified atom stereocenters. The normalized spacial score (nSPS) is 14.3. The zero-order valence-electron chi connectivity index (χ0n) is 16.4. The van der Waals surface area contributed by atoms with E-state index in [2.05, 4.69) is 0 Å². The minimum Gasteiger partial charge on any atom is -0.456 e. The molecular weight excluding hydrogens is 446 g/mol. The molecule has 0 aromatic heterocycles. The summed E-state index contributed by atoms with van der Waals surface area (Å²) < 4.78 is 28.3. The summed E-state index contributed by atoms with van der Waals surface area (Å²) >= 11 is 5.78. The average Bonchev–Trinajstić information content (AvgIpc) is 2.97. The molecular formula is C21H18ClNO7S. The van der Waals surface area contributed by atoms with Gasteiger partial charge < -0.3 is 4.74 Å². The van der Waals surface area contributed by atoms with Crippen LogP contribution in [0.3, 0.4) is 0 Å². The first-order valence-electron chi connectivity index (χ1n) is 9.18. The molecule has 2 amide bonds. The fourth-order valence-corrected chi connectivity index (χ4v) is 3.90. The third-order valence-electron chi connectivity index (χ3n) is 4.68. The van der Waals surface area contributed by atoms with E-state index in [9.17, 15) is 27.6 Å². The monoisotopic (exact) mass is 463 g/mol. The van der Waals surface area contributed by atoms with Crippen LogP contribution in [0.1, 0.15) is 37.5 Å². The van der Waals surface area contributed by atoms with E-state index in [1.165, 1.54) is 36.4 Å². The van der Waals surface area contributed by atoms with Crippen LogP contribution >= 0.6 is 11.6 Å². The molecule has 2 aromatic rings. The van der Waals surface area contributed by atoms with Gasteiger partial charge in [0.05, 0.1) is 16.9 Å². The number of sulfone groups is 1. The van der Waals surface area contributed by atoms with E-state index in [1.54, 1.807) is 12.1 Å². The van der Waals surface area contributed by atoms with Crippen molar-refractivity contribution in [3.05, 3.63) is 70.2 Å². The molecule has 0 radical (unpaired) electrons. The summed E-state index contributed by atoms with van der Waals surface area (Å²) in [5, 5.41) is 0.431. The number of rotatable bonds is 8. The van der Waals surface area contributed by atoms with Crippen LogP contribution in [0.2, 0.25) is 5.02 Å². The highest BCUT2D eigenvalue weighted by molar-refractivity contribution is 7.90. The molecule has 0 saturated carbocycles. The number of halogens is 1. The van der Waals surface area contributed by atoms with Crippen molar-refractivity contribution in [2.75, 3.05) is 18.6 Å². The first-order chi connectivity index (χ1) is 14.6. The van der Waals surface area contributed by atoms with E-state index in [1.807, 2.05) is 0 Å². The standard InChI is InChI=1S/C21H18ClNO7S/c1-31(28,29)11-10-17(23-19(25)15-4-2-3-5-16(15)20(23)26)21(27)30-12-18(24)13-6-8-14(22)9-7-13/h2-9,17H,10-12H2,1H3/t17-/m1/s1. The smallest absolute Gasteiger partial charge is 0.329 e. The van der Waals surface area contributed by atoms with Crippen LogP contribution < -0.4 is 0 Å². The van der Waals surface area contributed by atoms with Gasteiger partial charge in [0.15, 0.2) is 12.4 Å². The van der Waals surface area contributed by atoms with Gasteiger partial charge in [-0.3, -0.25) is 19.3 Å². The molecule has 162 valence electrons. The van der Waals surface area contributed by atoms with Crippen LogP contribution in [-0.4, -0.2) is 61.5 Å². The van der Waals surface area contributed by atoms with Crippen molar-refractivity contribution in [3.8, 4) is 0 Å². The van der Waals surface area contributed by atoms with Gasteiger partial charge in [-0.1, -0.05) is 23.7 Å². The number of imide groups is 1. The average molecular weight is 464 g/mol. The van der Waals surface area contributed by atoms with E-state index in [-0.39, 0.29) is 23.1 Å². The Bertz CT molecular complexity index is 1120. The molecule has 0 fully saturated rings. The molecule has 8 nitrogen and oxygen atoms in total. The predicted molar refractivity (Wildman–Crippen MR) is 112 cm³/mol. The summed E-state index contributed by atoms with van der Waals surface area (Å²) in [4.78, 5) is 51.2. The van der Waals surface area contributed by atoms with Crippen molar-refractivity contribution >= 4 is 45.0 Å². The second-order valence-corrected chi connectivity index (χ2v) is 9.69. The lowest BCUT2D eigenvalue weighted by atomic mass is 10.1. The van der Waals surface area contributed by atoms with Gasteiger partial charge in [-0.15, -0.1) is 0 Å². The zero-order chi connectivity index (χ0) is 22.8. The Labute approximate surface area is 183 Å². The Balaban J connectivity index is 1.79. The second-order valence-electron chi connectivity index (χ2n) is 7.00. The second kappa shape index (κ2) is 8.99. The number of ether oxygens (including phenoxy) is 1. The Morgan fingerprint density at radius 1 is 1.00 bits per heavy atom. The molecule has 31 heavy (non-hydrogen) atoms. The van der Waals surface area contributed by atoms with Crippen molar-refractivity contribution in [3.63, 3.8) is 0 Å². The third-order valence-corrected chi connectivity index (χ3v) is 5.91. The number of hydrogen-bond donors (Lipinski definition) is 0. The molecule has 1 aliphatic rings. The van der Waals surface area contributed by atoms with Gasteiger partial charge in [0.2, 0.25) is 0 Å². The Hall–Kier alpha value is -3.04. The topological polar surface area (TPSA) is 115 Å². The van der Waals surface area contributed by atoms with Crippen LogP contribution in [0.4, 0.5) is 0 Å². The number of Topliss-reactive ketones (excluding diaryl/α,β-unsaturated/α-hetero) is 1. The fraction of sp³-hybridized carbons (Fsp3) is 0.238. The maximum atomic E-state index is 12.7. The molecule has 0 saturated heterocycles. The zero-order valence-corrected chi connectivity index (χ0v) is 18.0. The van der Waals surface area contributed by atoms with Gasteiger partial charge in [-0.05, 0) is 42.8 Å². The van der Waals surface area contributed by atoms with Crippen LogP contribution in [-0.2, 0) is 19.4 Å². The number of carbonyl (C=O) groups is 4. The maximum absolute atomic E-state index is 12.7. The molecule has 1 heterocycles. The quantitative estimate of drug-likeness (QED) is 0.334. The van der Waals surface area contributed by atoms with Crippen molar-refractivity contribution in [2.45, 2.75) is 12.5 Å². The first kappa shape index (κ1) is 22.6. The van der Waals surface area contributed by atoms with Crippen molar-refractivity contribution in [1.29, 1.82) is 0 Å². The summed E-state index contributed by atoms with van der Waals surface area (Å²) in [7, 11) is -3.50. The molecule has 1 atom stereocenters. The lowest BCUT2D eigenvalue weighted by Gasteiger charge is -2.24. The summed E-state index contributed by atoms with van der Waals surface area (Å²) in [5.74, 6) is -3.46. The number of esters is 1. The Morgan fingerprint density at radius 3 is 2.06 bits per heavy atom. The molecule has 0 bridgehead atoms. The SMILES string of the molecule is CS(=O)(=O)CC[C@H](C(=O)OCC(=O)c1ccc(Cl)cc1)N1C(=O)c2ccccc2C1=O. The van der Waals surface area contributed by atoms with Crippen LogP contribution in [0.5, 0.6) is 0 Å². The van der Waals surface area contributed by atoms with Gasteiger partial charge in [0.1, 0.15) is 15.9 Å². The van der Waals surface area contributed by atoms with Crippen LogP contribution in [0.25, 0.3) is 0 Å². The van der Waals surface area contributed by atoms with E-state index in [0.29, 0.717) is 9.92 Å². The highest BCUT2D eigenvalue weighted by Gasteiger charge is 2.43. The Kier molecular flexibility index (Phi) is 6.56. The first-order valence-corrected chi connectivity index (χ1v) is 11.6. The van der Waals surface area contributed by atoms with Crippen LogP contribution in [0.15, 0.2) is 48.5 Å². The van der Waals surface area contributed by atoms with Gasteiger partial charge in [0.25, 0.3) is 11.8 Å². The molecule has 0 N–H and O–H groups in total. The van der Waals surface area contributed by atoms with Gasteiger partial charge in [-0.2, -0.15) is 0 Å². The summed E-state index contributed by atoms with van der Waals surface area (Å²) in [6, 6.07) is 10.5. The van der Waals surface area contributed by atoms with E-state index in [4.69, 9.17) is 16.3 Å². The molecule has 3 rings (SSSR count). The van der Waals surface area contributed by atoms with Crippen molar-refractivity contribution in [1.82, 2.24) is 4.90 Å². The van der Waals surface area contributed by atoms with Gasteiger partial charge in [0, 0.05) is 16.8 Å². The lowest BCUT2D eigenvalue weighted by Crippen LogP contribution is -2.46. The van der Waals surface area contributed by atoms with E-state index < -0.39 is 51.8 Å². The van der Waals surface area contributed by atoms with Gasteiger partial charge >= 0.3 is 5.97 Å². The predicted octanol–water partition coefficient (Wildman–Crippen LogP) is 2.17. The van der Waals surface area contributed by atoms with E-state index >= 15 is 0 Å². The highest BCUT2D eigenvalue weighted by atomic mass is 35.5.